The first-order valence-electron chi connectivity index (χ1n) is 9.53. The summed E-state index contributed by atoms with van der Waals surface area (Å²) in [6.45, 7) is 2.54. The van der Waals surface area contributed by atoms with Crippen molar-refractivity contribution < 1.29 is 9.59 Å². The molecule has 1 aliphatic rings. The number of aromatic nitrogens is 2. The molecule has 0 bridgehead atoms. The summed E-state index contributed by atoms with van der Waals surface area (Å²) in [6.07, 6.45) is 0.182. The average Bonchev–Trinajstić information content (AvgIpc) is 3.12. The van der Waals surface area contributed by atoms with Crippen molar-refractivity contribution in [3.05, 3.63) is 70.1 Å². The van der Waals surface area contributed by atoms with Crippen LogP contribution in [0.3, 0.4) is 0 Å². The molecule has 1 aliphatic heterocycles. The zero-order valence-electron chi connectivity index (χ0n) is 16.4. The molecule has 7 nitrogen and oxygen atoms in total. The highest BCUT2D eigenvalue weighted by atomic mass is 16.2. The standard InChI is InChI=1S/C22H22N4O3/c1-14-7-9-16(10-8-14)26-13-15(11-20(26)27)21(28)23-12-19-17-5-3-4-6-18(17)22(29)25(2)24-19/h3-10,15H,11-13H2,1-2H3,(H,23,28). The molecule has 2 heterocycles. The molecule has 1 atom stereocenters. The van der Waals surface area contributed by atoms with Crippen LogP contribution in [0, 0.1) is 12.8 Å². The second kappa shape index (κ2) is 7.50. The van der Waals surface area contributed by atoms with E-state index in [0.29, 0.717) is 17.6 Å². The number of nitrogens with one attached hydrogen (secondary N) is 1. The summed E-state index contributed by atoms with van der Waals surface area (Å²) in [5.41, 5.74) is 2.37. The minimum Gasteiger partial charge on any atom is -0.350 e. The number of carbonyl (C=O) groups is 2. The van der Waals surface area contributed by atoms with Crippen LogP contribution in [0.2, 0.25) is 0 Å². The van der Waals surface area contributed by atoms with Crippen molar-refractivity contribution >= 4 is 28.3 Å². The maximum absolute atomic E-state index is 12.7. The van der Waals surface area contributed by atoms with Crippen LogP contribution in [0.25, 0.3) is 10.8 Å². The van der Waals surface area contributed by atoms with E-state index in [9.17, 15) is 14.4 Å². The van der Waals surface area contributed by atoms with E-state index < -0.39 is 5.92 Å². The highest BCUT2D eigenvalue weighted by Gasteiger charge is 2.35. The molecule has 2 amide bonds. The quantitative estimate of drug-likeness (QED) is 0.738. The molecule has 4 rings (SSSR count). The molecule has 1 N–H and O–H groups in total. The van der Waals surface area contributed by atoms with E-state index >= 15 is 0 Å². The minimum absolute atomic E-state index is 0.0558. The fraction of sp³-hybridized carbons (Fsp3) is 0.273. The number of aryl methyl sites for hydroxylation is 2. The Morgan fingerprint density at radius 2 is 1.79 bits per heavy atom. The molecule has 7 heteroatoms. The summed E-state index contributed by atoms with van der Waals surface area (Å²) in [5.74, 6) is -0.657. The van der Waals surface area contributed by atoms with Crippen LogP contribution in [-0.2, 0) is 23.2 Å². The molecule has 1 saturated heterocycles. The van der Waals surface area contributed by atoms with Crippen LogP contribution in [0.5, 0.6) is 0 Å². The van der Waals surface area contributed by atoms with Gasteiger partial charge in [0.15, 0.2) is 0 Å². The van der Waals surface area contributed by atoms with Crippen LogP contribution >= 0.6 is 0 Å². The molecular weight excluding hydrogens is 368 g/mol. The summed E-state index contributed by atoms with van der Waals surface area (Å²) in [5, 5.41) is 8.47. The van der Waals surface area contributed by atoms with Crippen LogP contribution in [0.15, 0.2) is 53.3 Å². The maximum Gasteiger partial charge on any atom is 0.274 e. The van der Waals surface area contributed by atoms with Gasteiger partial charge in [0.05, 0.1) is 23.5 Å². The Morgan fingerprint density at radius 1 is 1.10 bits per heavy atom. The van der Waals surface area contributed by atoms with Gasteiger partial charge in [-0.3, -0.25) is 14.4 Å². The average molecular weight is 390 g/mol. The van der Waals surface area contributed by atoms with Gasteiger partial charge in [0.2, 0.25) is 11.8 Å². The third kappa shape index (κ3) is 3.63. The number of hydrogen-bond acceptors (Lipinski definition) is 4. The van der Waals surface area contributed by atoms with Gasteiger partial charge in [0, 0.05) is 31.1 Å². The van der Waals surface area contributed by atoms with E-state index in [1.807, 2.05) is 43.3 Å². The lowest BCUT2D eigenvalue weighted by molar-refractivity contribution is -0.126. The van der Waals surface area contributed by atoms with E-state index in [0.717, 1.165) is 16.6 Å². The largest absolute Gasteiger partial charge is 0.350 e. The van der Waals surface area contributed by atoms with E-state index in [2.05, 4.69) is 10.4 Å². The summed E-state index contributed by atoms with van der Waals surface area (Å²) in [4.78, 5) is 39.0. The number of anilines is 1. The van der Waals surface area contributed by atoms with Gasteiger partial charge in [0.25, 0.3) is 5.56 Å². The maximum atomic E-state index is 12.7. The number of benzene rings is 2. The van der Waals surface area contributed by atoms with Gasteiger partial charge in [-0.05, 0) is 25.1 Å². The van der Waals surface area contributed by atoms with Crippen molar-refractivity contribution in [2.45, 2.75) is 19.9 Å². The number of rotatable bonds is 4. The molecule has 3 aromatic rings. The van der Waals surface area contributed by atoms with E-state index in [-0.39, 0.29) is 30.3 Å². The monoisotopic (exact) mass is 390 g/mol. The molecular formula is C22H22N4O3. The Bertz CT molecular complexity index is 1150. The Morgan fingerprint density at radius 3 is 2.52 bits per heavy atom. The third-order valence-electron chi connectivity index (χ3n) is 5.30. The Balaban J connectivity index is 1.48. The topological polar surface area (TPSA) is 84.3 Å². The number of nitrogens with zero attached hydrogens (tertiary/aromatic N) is 3. The summed E-state index contributed by atoms with van der Waals surface area (Å²) in [7, 11) is 1.59. The fourth-order valence-electron chi connectivity index (χ4n) is 3.68. The highest BCUT2D eigenvalue weighted by Crippen LogP contribution is 2.25. The van der Waals surface area contributed by atoms with Crippen molar-refractivity contribution in [3.8, 4) is 0 Å². The second-order valence-electron chi connectivity index (χ2n) is 7.38. The van der Waals surface area contributed by atoms with Crippen molar-refractivity contribution in [1.82, 2.24) is 15.1 Å². The van der Waals surface area contributed by atoms with Gasteiger partial charge in [0.1, 0.15) is 0 Å². The predicted octanol–water partition coefficient (Wildman–Crippen LogP) is 1.91. The van der Waals surface area contributed by atoms with Crippen LogP contribution < -0.4 is 15.8 Å². The minimum atomic E-state index is -0.414. The molecule has 0 radical (unpaired) electrons. The molecule has 0 spiro atoms. The first-order chi connectivity index (χ1) is 13.9. The molecule has 148 valence electrons. The number of amides is 2. The Hall–Kier alpha value is -3.48. The third-order valence-corrected chi connectivity index (χ3v) is 5.30. The molecule has 29 heavy (non-hydrogen) atoms. The van der Waals surface area contributed by atoms with Gasteiger partial charge in [-0.2, -0.15) is 5.10 Å². The van der Waals surface area contributed by atoms with E-state index in [1.54, 1.807) is 24.1 Å². The van der Waals surface area contributed by atoms with Crippen molar-refractivity contribution in [2.75, 3.05) is 11.4 Å². The highest BCUT2D eigenvalue weighted by molar-refractivity contribution is 6.00. The van der Waals surface area contributed by atoms with E-state index in [4.69, 9.17) is 0 Å². The van der Waals surface area contributed by atoms with Gasteiger partial charge >= 0.3 is 0 Å². The number of hydrogen-bond donors (Lipinski definition) is 1. The lowest BCUT2D eigenvalue weighted by Crippen LogP contribution is -2.33. The lowest BCUT2D eigenvalue weighted by atomic mass is 10.1. The van der Waals surface area contributed by atoms with Crippen LogP contribution in [-0.4, -0.2) is 28.1 Å². The van der Waals surface area contributed by atoms with Crippen LogP contribution in [0.1, 0.15) is 17.7 Å². The van der Waals surface area contributed by atoms with E-state index in [1.165, 1.54) is 4.68 Å². The van der Waals surface area contributed by atoms with Crippen LogP contribution in [0.4, 0.5) is 5.69 Å². The normalized spacial score (nSPS) is 16.4. The first kappa shape index (κ1) is 18.9. The Labute approximate surface area is 167 Å². The zero-order valence-corrected chi connectivity index (χ0v) is 16.4. The SMILES string of the molecule is Cc1ccc(N2CC(C(=O)NCc3nn(C)c(=O)c4ccccc34)CC2=O)cc1. The molecule has 1 aromatic heterocycles. The van der Waals surface area contributed by atoms with Gasteiger partial charge in [-0.25, -0.2) is 4.68 Å². The zero-order chi connectivity index (χ0) is 20.5. The summed E-state index contributed by atoms with van der Waals surface area (Å²) in [6, 6.07) is 14.9. The molecule has 0 saturated carbocycles. The van der Waals surface area contributed by atoms with Gasteiger partial charge in [-0.1, -0.05) is 35.9 Å². The first-order valence-corrected chi connectivity index (χ1v) is 9.53. The summed E-state index contributed by atoms with van der Waals surface area (Å²) < 4.78 is 1.28. The summed E-state index contributed by atoms with van der Waals surface area (Å²) >= 11 is 0. The van der Waals surface area contributed by atoms with Gasteiger partial charge < -0.3 is 10.2 Å². The predicted molar refractivity (Wildman–Crippen MR) is 110 cm³/mol. The van der Waals surface area contributed by atoms with Crippen molar-refractivity contribution in [2.24, 2.45) is 13.0 Å². The number of carbonyl (C=O) groups excluding carboxylic acids is 2. The Kier molecular flexibility index (Phi) is 4.88. The molecule has 2 aromatic carbocycles. The lowest BCUT2D eigenvalue weighted by Gasteiger charge is -2.17. The fourth-order valence-corrected chi connectivity index (χ4v) is 3.68. The van der Waals surface area contributed by atoms with Crippen molar-refractivity contribution in [1.29, 1.82) is 0 Å². The van der Waals surface area contributed by atoms with Crippen molar-refractivity contribution in [3.63, 3.8) is 0 Å². The molecule has 0 aliphatic carbocycles. The second-order valence-corrected chi connectivity index (χ2v) is 7.38. The molecule has 1 unspecified atom stereocenters. The van der Waals surface area contributed by atoms with Gasteiger partial charge in [-0.15, -0.1) is 0 Å². The molecule has 1 fully saturated rings. The smallest absolute Gasteiger partial charge is 0.274 e. The number of fused-ring (bicyclic) bond motifs is 1.